The first kappa shape index (κ1) is 15.2. The van der Waals surface area contributed by atoms with Gasteiger partial charge in [-0.25, -0.2) is 4.98 Å². The van der Waals surface area contributed by atoms with E-state index in [1.54, 1.807) is 0 Å². The van der Waals surface area contributed by atoms with E-state index < -0.39 is 0 Å². The Hall–Kier alpha value is -1.68. The highest BCUT2D eigenvalue weighted by molar-refractivity contribution is 5.75. The lowest BCUT2D eigenvalue weighted by Gasteiger charge is -2.35. The van der Waals surface area contributed by atoms with Gasteiger partial charge in [-0.2, -0.15) is 0 Å². The number of rotatable bonds is 5. The van der Waals surface area contributed by atoms with E-state index >= 15 is 0 Å². The molecule has 118 valence electrons. The Morgan fingerprint density at radius 1 is 1.14 bits per heavy atom. The minimum Gasteiger partial charge on any atom is -0.367 e. The smallest absolute Gasteiger partial charge is 0.145 e. The number of hydrogen-bond acceptors (Lipinski definition) is 4. The van der Waals surface area contributed by atoms with Crippen molar-refractivity contribution in [2.24, 2.45) is 5.92 Å². The molecular formula is C18H26N4. The van der Waals surface area contributed by atoms with Crippen LogP contribution in [-0.2, 0) is 0 Å². The van der Waals surface area contributed by atoms with Gasteiger partial charge in [-0.15, -0.1) is 0 Å². The van der Waals surface area contributed by atoms with Crippen LogP contribution in [0.3, 0.4) is 0 Å². The standard InChI is InChI=1S/C18H26N4/c1-22(2)17(14-8-4-3-5-9-14)12-20-18-13-19-15-10-6-7-11-16(15)21-18/h6-7,10-11,13-14,17H,3-5,8-9,12H2,1-2H3,(H,20,21). The third-order valence-electron chi connectivity index (χ3n) is 4.80. The topological polar surface area (TPSA) is 41.0 Å². The summed E-state index contributed by atoms with van der Waals surface area (Å²) in [6, 6.07) is 8.57. The molecule has 1 unspecified atom stereocenters. The van der Waals surface area contributed by atoms with E-state index in [4.69, 9.17) is 0 Å². The highest BCUT2D eigenvalue weighted by Gasteiger charge is 2.25. The van der Waals surface area contributed by atoms with Crippen molar-refractivity contribution in [1.29, 1.82) is 0 Å². The van der Waals surface area contributed by atoms with Gasteiger partial charge < -0.3 is 10.2 Å². The molecule has 1 saturated carbocycles. The monoisotopic (exact) mass is 298 g/mol. The fourth-order valence-corrected chi connectivity index (χ4v) is 3.54. The number of nitrogens with zero attached hydrogens (tertiary/aromatic N) is 3. The van der Waals surface area contributed by atoms with E-state index in [2.05, 4.69) is 34.3 Å². The number of anilines is 1. The number of fused-ring (bicyclic) bond motifs is 1. The largest absolute Gasteiger partial charge is 0.367 e. The van der Waals surface area contributed by atoms with Gasteiger partial charge in [0, 0.05) is 12.6 Å². The van der Waals surface area contributed by atoms with Gasteiger partial charge >= 0.3 is 0 Å². The van der Waals surface area contributed by atoms with E-state index in [0.29, 0.717) is 6.04 Å². The Labute approximate surface area is 133 Å². The number of hydrogen-bond donors (Lipinski definition) is 1. The molecule has 22 heavy (non-hydrogen) atoms. The average molecular weight is 298 g/mol. The zero-order valence-corrected chi connectivity index (χ0v) is 13.6. The number of aromatic nitrogens is 2. The van der Waals surface area contributed by atoms with E-state index in [1.807, 2.05) is 30.5 Å². The normalized spacial score (nSPS) is 17.8. The maximum absolute atomic E-state index is 4.66. The summed E-state index contributed by atoms with van der Waals surface area (Å²) in [5, 5.41) is 3.50. The van der Waals surface area contributed by atoms with E-state index in [-0.39, 0.29) is 0 Å². The number of benzene rings is 1. The molecule has 1 aliphatic rings. The minimum absolute atomic E-state index is 0.563. The molecule has 0 amide bonds. The molecule has 1 heterocycles. The van der Waals surface area contributed by atoms with Crippen LogP contribution in [-0.4, -0.2) is 41.5 Å². The fourth-order valence-electron chi connectivity index (χ4n) is 3.54. The molecule has 2 aromatic rings. The molecule has 0 bridgehead atoms. The average Bonchev–Trinajstić information content (AvgIpc) is 2.55. The van der Waals surface area contributed by atoms with E-state index in [9.17, 15) is 0 Å². The van der Waals surface area contributed by atoms with Crippen molar-refractivity contribution in [2.75, 3.05) is 26.0 Å². The minimum atomic E-state index is 0.563. The molecule has 0 saturated heterocycles. The Morgan fingerprint density at radius 3 is 2.59 bits per heavy atom. The number of para-hydroxylation sites is 2. The number of nitrogens with one attached hydrogen (secondary N) is 1. The van der Waals surface area contributed by atoms with Crippen molar-refractivity contribution >= 4 is 16.9 Å². The molecule has 4 heteroatoms. The Kier molecular flexibility index (Phi) is 4.88. The van der Waals surface area contributed by atoms with Gasteiger partial charge in [-0.05, 0) is 45.0 Å². The summed E-state index contributed by atoms with van der Waals surface area (Å²) in [6.07, 6.45) is 8.72. The van der Waals surface area contributed by atoms with Crippen molar-refractivity contribution in [1.82, 2.24) is 14.9 Å². The maximum atomic E-state index is 4.66. The van der Waals surface area contributed by atoms with Crippen LogP contribution >= 0.6 is 0 Å². The van der Waals surface area contributed by atoms with Crippen LogP contribution in [0.5, 0.6) is 0 Å². The van der Waals surface area contributed by atoms with Crippen molar-refractivity contribution in [2.45, 2.75) is 38.1 Å². The first-order chi connectivity index (χ1) is 10.7. The zero-order valence-electron chi connectivity index (χ0n) is 13.6. The van der Waals surface area contributed by atoms with Gasteiger partial charge in [-0.1, -0.05) is 31.4 Å². The summed E-state index contributed by atoms with van der Waals surface area (Å²) < 4.78 is 0. The molecule has 4 nitrogen and oxygen atoms in total. The molecule has 0 aliphatic heterocycles. The van der Waals surface area contributed by atoms with Crippen LogP contribution in [0.4, 0.5) is 5.82 Å². The summed E-state index contributed by atoms with van der Waals surface area (Å²) in [5.74, 6) is 1.67. The van der Waals surface area contributed by atoms with Gasteiger partial charge in [0.05, 0.1) is 17.2 Å². The summed E-state index contributed by atoms with van der Waals surface area (Å²) in [7, 11) is 4.38. The Bertz CT molecular complexity index is 605. The summed E-state index contributed by atoms with van der Waals surface area (Å²) in [4.78, 5) is 11.5. The third-order valence-corrected chi connectivity index (χ3v) is 4.80. The predicted octanol–water partition coefficient (Wildman–Crippen LogP) is 3.55. The van der Waals surface area contributed by atoms with Crippen LogP contribution in [0.2, 0.25) is 0 Å². The van der Waals surface area contributed by atoms with Crippen molar-refractivity contribution in [3.8, 4) is 0 Å². The van der Waals surface area contributed by atoms with E-state index in [1.165, 1.54) is 32.1 Å². The second-order valence-electron chi connectivity index (χ2n) is 6.55. The molecule has 1 fully saturated rings. The predicted molar refractivity (Wildman–Crippen MR) is 92.1 cm³/mol. The van der Waals surface area contributed by atoms with Crippen LogP contribution < -0.4 is 5.32 Å². The molecule has 0 radical (unpaired) electrons. The maximum Gasteiger partial charge on any atom is 0.145 e. The van der Waals surface area contributed by atoms with Gasteiger partial charge in [0.25, 0.3) is 0 Å². The quantitative estimate of drug-likeness (QED) is 0.916. The molecule has 3 rings (SSSR count). The lowest BCUT2D eigenvalue weighted by Crippen LogP contribution is -2.41. The van der Waals surface area contributed by atoms with Gasteiger partial charge in [-0.3, -0.25) is 4.98 Å². The second-order valence-corrected chi connectivity index (χ2v) is 6.55. The SMILES string of the molecule is CN(C)C(CNc1cnc2ccccc2n1)C1CCCCC1. The van der Waals surface area contributed by atoms with Crippen LogP contribution in [0.25, 0.3) is 11.0 Å². The van der Waals surface area contributed by atoms with Crippen molar-refractivity contribution in [3.05, 3.63) is 30.5 Å². The molecular weight excluding hydrogens is 272 g/mol. The molecule has 1 aliphatic carbocycles. The lowest BCUT2D eigenvalue weighted by molar-refractivity contribution is 0.179. The van der Waals surface area contributed by atoms with Gasteiger partial charge in [0.1, 0.15) is 5.82 Å². The first-order valence-corrected chi connectivity index (χ1v) is 8.36. The van der Waals surface area contributed by atoms with Crippen molar-refractivity contribution < 1.29 is 0 Å². The molecule has 0 spiro atoms. The Balaban J connectivity index is 1.67. The van der Waals surface area contributed by atoms with E-state index in [0.717, 1.165) is 29.3 Å². The van der Waals surface area contributed by atoms with Crippen molar-refractivity contribution in [3.63, 3.8) is 0 Å². The van der Waals surface area contributed by atoms with Crippen LogP contribution in [0.1, 0.15) is 32.1 Å². The summed E-state index contributed by atoms with van der Waals surface area (Å²) in [6.45, 7) is 0.935. The summed E-state index contributed by atoms with van der Waals surface area (Å²) >= 11 is 0. The summed E-state index contributed by atoms with van der Waals surface area (Å²) in [5.41, 5.74) is 1.90. The van der Waals surface area contributed by atoms with Crippen LogP contribution in [0, 0.1) is 5.92 Å². The van der Waals surface area contributed by atoms with Gasteiger partial charge in [0.2, 0.25) is 0 Å². The molecule has 1 aromatic heterocycles. The molecule has 1 aromatic carbocycles. The fraction of sp³-hybridized carbons (Fsp3) is 0.556. The third kappa shape index (κ3) is 3.55. The zero-order chi connectivity index (χ0) is 15.4. The highest BCUT2D eigenvalue weighted by atomic mass is 15.1. The first-order valence-electron chi connectivity index (χ1n) is 8.36. The lowest BCUT2D eigenvalue weighted by atomic mass is 9.83. The van der Waals surface area contributed by atoms with Gasteiger partial charge in [0.15, 0.2) is 0 Å². The second kappa shape index (κ2) is 7.05. The molecule has 1 atom stereocenters. The molecule has 1 N–H and O–H groups in total. The number of likely N-dealkylation sites (N-methyl/N-ethyl adjacent to an activating group) is 1. The van der Waals surface area contributed by atoms with Crippen LogP contribution in [0.15, 0.2) is 30.5 Å². The Morgan fingerprint density at radius 2 is 1.86 bits per heavy atom. The highest BCUT2D eigenvalue weighted by Crippen LogP contribution is 2.28.